The third-order valence-corrected chi connectivity index (χ3v) is 14.3. The van der Waals surface area contributed by atoms with Crippen LogP contribution in [0.5, 0.6) is 0 Å². The van der Waals surface area contributed by atoms with Gasteiger partial charge in [0.05, 0.1) is 0 Å². The van der Waals surface area contributed by atoms with Gasteiger partial charge in [0.1, 0.15) is 0 Å². The van der Waals surface area contributed by atoms with E-state index >= 15 is 0 Å². The molecule has 0 saturated carbocycles. The van der Waals surface area contributed by atoms with Crippen molar-refractivity contribution in [2.45, 2.75) is 0 Å². The molecule has 0 atom stereocenters. The van der Waals surface area contributed by atoms with E-state index in [0.29, 0.717) is 0 Å². The van der Waals surface area contributed by atoms with Gasteiger partial charge in [0, 0.05) is 0 Å². The molecule has 0 N–H and O–H groups in total. The van der Waals surface area contributed by atoms with E-state index in [1.165, 1.54) is 32.2 Å². The van der Waals surface area contributed by atoms with Crippen molar-refractivity contribution >= 4 is 42.1 Å². The maximum atomic E-state index is 2.34. The van der Waals surface area contributed by atoms with Gasteiger partial charge in [0.2, 0.25) is 0 Å². The number of fused-ring (bicyclic) bond motifs is 2. The molecular formula is C26H19Cl2PPt. The van der Waals surface area contributed by atoms with Crippen molar-refractivity contribution in [2.75, 3.05) is 0 Å². The van der Waals surface area contributed by atoms with Crippen LogP contribution in [0.2, 0.25) is 0 Å². The van der Waals surface area contributed by atoms with Gasteiger partial charge in [-0.05, 0) is 0 Å². The van der Waals surface area contributed by atoms with Crippen LogP contribution in [0.25, 0.3) is 21.5 Å². The Labute approximate surface area is 199 Å². The molecule has 0 amide bonds. The van der Waals surface area contributed by atoms with E-state index in [9.17, 15) is 0 Å². The van der Waals surface area contributed by atoms with Crippen LogP contribution in [0.3, 0.4) is 0 Å². The van der Waals surface area contributed by atoms with E-state index < -0.39 is 0 Å². The van der Waals surface area contributed by atoms with Crippen molar-refractivity contribution in [1.82, 2.24) is 0 Å². The molecule has 0 aliphatic heterocycles. The molecule has 0 nitrogen and oxygen atoms in total. The topological polar surface area (TPSA) is 0 Å². The number of rotatable bonds is 4. The molecule has 152 valence electrons. The summed E-state index contributed by atoms with van der Waals surface area (Å²) in [6.45, 7) is 0. The third kappa shape index (κ3) is 4.64. The Morgan fingerprint density at radius 3 is 1.33 bits per heavy atom. The maximum absolute atomic E-state index is 2.34. The van der Waals surface area contributed by atoms with Gasteiger partial charge in [0.25, 0.3) is 0 Å². The van der Waals surface area contributed by atoms with Crippen LogP contribution in [-0.4, -0.2) is 0 Å². The fourth-order valence-electron chi connectivity index (χ4n) is 3.41. The van der Waals surface area contributed by atoms with Gasteiger partial charge in [-0.2, -0.15) is 0 Å². The molecule has 0 aliphatic rings. The predicted molar refractivity (Wildman–Crippen MR) is 120 cm³/mol. The van der Waals surface area contributed by atoms with Crippen LogP contribution in [0, 0.1) is 0 Å². The fourth-order valence-corrected chi connectivity index (χ4v) is 13.0. The van der Waals surface area contributed by atoms with Crippen molar-refractivity contribution < 1.29 is 42.9 Å². The van der Waals surface area contributed by atoms with Gasteiger partial charge in [-0.25, -0.2) is 0 Å². The molecule has 0 radical (unpaired) electrons. The summed E-state index contributed by atoms with van der Waals surface area (Å²) in [7, 11) is 0. The van der Waals surface area contributed by atoms with Crippen LogP contribution >= 0.6 is 6.01 Å². The average Bonchev–Trinajstić information content (AvgIpc) is 2.78. The van der Waals surface area contributed by atoms with E-state index in [4.69, 9.17) is 0 Å². The van der Waals surface area contributed by atoms with Crippen molar-refractivity contribution in [1.29, 1.82) is 0 Å². The van der Waals surface area contributed by atoms with E-state index in [1.807, 2.05) is 0 Å². The quantitative estimate of drug-likeness (QED) is 0.191. The van der Waals surface area contributed by atoms with E-state index in [2.05, 4.69) is 115 Å². The minimum absolute atomic E-state index is 0. The Morgan fingerprint density at radius 1 is 0.467 bits per heavy atom. The minimum atomic E-state index is -0.362. The summed E-state index contributed by atoms with van der Waals surface area (Å²) < 4.78 is 1.58. The molecule has 0 heterocycles. The first kappa shape index (κ1) is 23.0. The van der Waals surface area contributed by atoms with Crippen LogP contribution in [-0.2, 0) is 18.1 Å². The zero-order chi connectivity index (χ0) is 18.8. The van der Waals surface area contributed by atoms with Crippen LogP contribution < -0.4 is 39.4 Å². The van der Waals surface area contributed by atoms with Crippen molar-refractivity contribution in [3.8, 4) is 0 Å². The van der Waals surface area contributed by atoms with E-state index in [0.717, 1.165) is 0 Å². The summed E-state index contributed by atoms with van der Waals surface area (Å²) >= 11 is -0.249. The van der Waals surface area contributed by atoms with Crippen molar-refractivity contribution in [3.63, 3.8) is 0 Å². The third-order valence-electron chi connectivity index (χ3n) is 4.75. The molecule has 5 rings (SSSR count). The summed E-state index contributed by atoms with van der Waals surface area (Å²) in [6, 6.07) is 41.9. The second kappa shape index (κ2) is 10.6. The Bertz CT molecular complexity index is 1150. The molecule has 0 unspecified atom stereocenters. The molecule has 5 aromatic carbocycles. The van der Waals surface area contributed by atoms with Gasteiger partial charge < -0.3 is 24.8 Å². The summed E-state index contributed by atoms with van der Waals surface area (Å²) in [6.07, 6.45) is 0. The molecule has 4 heteroatoms. The Morgan fingerprint density at radius 2 is 0.867 bits per heavy atom. The van der Waals surface area contributed by atoms with Gasteiger partial charge in [-0.3, -0.25) is 0 Å². The number of benzene rings is 5. The Balaban J connectivity index is 0.00000128. The molecule has 0 bridgehead atoms. The first-order valence-corrected chi connectivity index (χ1v) is 14.7. The van der Waals surface area contributed by atoms with Crippen molar-refractivity contribution in [2.24, 2.45) is 0 Å². The second-order valence-electron chi connectivity index (χ2n) is 6.60. The van der Waals surface area contributed by atoms with Gasteiger partial charge in [-0.15, -0.1) is 0 Å². The summed E-state index contributed by atoms with van der Waals surface area (Å²) in [5.41, 5.74) is 0. The Kier molecular flexibility index (Phi) is 8.10. The van der Waals surface area contributed by atoms with Crippen LogP contribution in [0.4, 0.5) is 0 Å². The normalized spacial score (nSPS) is 10.7. The van der Waals surface area contributed by atoms with Crippen LogP contribution in [0.15, 0.2) is 115 Å². The number of hydrogen-bond acceptors (Lipinski definition) is 0. The summed E-state index contributed by atoms with van der Waals surface area (Å²) in [4.78, 5) is 0. The monoisotopic (exact) mass is 627 g/mol. The molecule has 0 saturated heterocycles. The molecule has 5 aromatic rings. The second-order valence-corrected chi connectivity index (χ2v) is 14.0. The average molecular weight is 628 g/mol. The zero-order valence-electron chi connectivity index (χ0n) is 16.0. The summed E-state index contributed by atoms with van der Waals surface area (Å²) in [5, 5.41) is 8.52. The van der Waals surface area contributed by atoms with Gasteiger partial charge in [0.15, 0.2) is 0 Å². The zero-order valence-corrected chi connectivity index (χ0v) is 20.7. The first-order valence-electron chi connectivity index (χ1n) is 9.30. The number of halogens is 2. The molecule has 0 spiro atoms. The molecule has 0 aromatic heterocycles. The molecule has 30 heavy (non-hydrogen) atoms. The van der Waals surface area contributed by atoms with Gasteiger partial charge >= 0.3 is 175 Å². The number of hydrogen-bond donors (Lipinski definition) is 0. The standard InChI is InChI=1S/C14H9.C12H10P.2ClH.Pt/c1-2-6-12-10-14-8-4-3-7-13(14)9-11(12)5-1;1-3-7-11(8-4-1)13-12-9-5-2-6-10-12;;;/h1-9H;1-10H;2*1H;/q;-1;;;+3/p-2. The fraction of sp³-hybridized carbons (Fsp3) is 0. The molecule has 0 fully saturated rings. The molecular weight excluding hydrogens is 609 g/mol. The SMILES string of the molecule is [Cl-].[Cl-].c1ccc([P]([Pt+2][c]2c3ccccc3cc3ccccc23)c2ccccc2)cc1. The predicted octanol–water partition coefficient (Wildman–Crippen LogP) is -0.243. The van der Waals surface area contributed by atoms with Gasteiger partial charge in [-0.1, -0.05) is 0 Å². The Hall–Kier alpha value is -1.68. The van der Waals surface area contributed by atoms with Crippen molar-refractivity contribution in [3.05, 3.63) is 115 Å². The molecule has 0 aliphatic carbocycles. The van der Waals surface area contributed by atoms with Crippen LogP contribution in [0.1, 0.15) is 0 Å². The van der Waals surface area contributed by atoms with E-state index in [1.54, 1.807) is 3.95 Å². The van der Waals surface area contributed by atoms with E-state index in [-0.39, 0.29) is 48.9 Å². The first-order chi connectivity index (χ1) is 13.9. The summed E-state index contributed by atoms with van der Waals surface area (Å²) in [5.74, 6) is 0.